The van der Waals surface area contributed by atoms with Crippen molar-refractivity contribution in [3.8, 4) is 5.75 Å². The quantitative estimate of drug-likeness (QED) is 0.876. The summed E-state index contributed by atoms with van der Waals surface area (Å²) in [5.74, 6) is 0.236. The molecular formula is C12H15Cl2NO. The van der Waals surface area contributed by atoms with Gasteiger partial charge >= 0.3 is 0 Å². The molecule has 1 aromatic rings. The minimum Gasteiger partial charge on any atom is -0.508 e. The fraction of sp³-hybridized carbons (Fsp3) is 0.500. The van der Waals surface area contributed by atoms with Crippen LogP contribution in [0.5, 0.6) is 5.75 Å². The Bertz CT molecular complexity index is 376. The van der Waals surface area contributed by atoms with Crippen molar-refractivity contribution in [1.29, 1.82) is 0 Å². The van der Waals surface area contributed by atoms with Gasteiger partial charge in [0.1, 0.15) is 5.75 Å². The first kappa shape index (κ1) is 12.0. The fourth-order valence-electron chi connectivity index (χ4n) is 2.06. The number of phenolic OH excluding ortho intramolecular Hbond substituents is 1. The topological polar surface area (TPSA) is 23.5 Å². The average Bonchev–Trinajstić information content (AvgIpc) is 2.27. The third kappa shape index (κ3) is 2.82. The monoisotopic (exact) mass is 259 g/mol. The Kier molecular flexibility index (Phi) is 3.95. The summed E-state index contributed by atoms with van der Waals surface area (Å²) in [6.07, 6.45) is 3.79. The smallest absolute Gasteiger partial charge is 0.121 e. The summed E-state index contributed by atoms with van der Waals surface area (Å²) in [5, 5.41) is 10.7. The largest absolute Gasteiger partial charge is 0.508 e. The van der Waals surface area contributed by atoms with E-state index in [2.05, 4.69) is 4.90 Å². The number of halogens is 2. The number of likely N-dealkylation sites (tertiary alicyclic amines) is 1. The minimum absolute atomic E-state index is 0.236. The molecule has 1 heterocycles. The summed E-state index contributed by atoms with van der Waals surface area (Å²) in [6.45, 7) is 2.95. The maximum atomic E-state index is 9.78. The number of phenols is 1. The van der Waals surface area contributed by atoms with Crippen LogP contribution in [0.4, 0.5) is 0 Å². The number of piperidine rings is 1. The lowest BCUT2D eigenvalue weighted by Gasteiger charge is -2.26. The van der Waals surface area contributed by atoms with Gasteiger partial charge in [-0.15, -0.1) is 0 Å². The Morgan fingerprint density at radius 2 is 1.69 bits per heavy atom. The molecule has 1 aliphatic heterocycles. The lowest BCUT2D eigenvalue weighted by molar-refractivity contribution is 0.218. The van der Waals surface area contributed by atoms with Gasteiger partial charge in [0.25, 0.3) is 0 Å². The van der Waals surface area contributed by atoms with Gasteiger partial charge in [-0.05, 0) is 32.0 Å². The number of nitrogens with zero attached hydrogens (tertiary/aromatic N) is 1. The van der Waals surface area contributed by atoms with Crippen molar-refractivity contribution < 1.29 is 5.11 Å². The van der Waals surface area contributed by atoms with E-state index in [-0.39, 0.29) is 5.75 Å². The molecular weight excluding hydrogens is 245 g/mol. The molecule has 1 aromatic carbocycles. The zero-order valence-electron chi connectivity index (χ0n) is 9.05. The van der Waals surface area contributed by atoms with Gasteiger partial charge in [0.2, 0.25) is 0 Å². The Balaban J connectivity index is 2.11. The second kappa shape index (κ2) is 5.26. The molecule has 4 heteroatoms. The molecule has 0 unspecified atom stereocenters. The summed E-state index contributed by atoms with van der Waals surface area (Å²) in [5.41, 5.74) is 0.858. The van der Waals surface area contributed by atoms with Crippen LogP contribution in [0.2, 0.25) is 10.0 Å². The molecule has 1 N–H and O–H groups in total. The van der Waals surface area contributed by atoms with E-state index in [0.717, 1.165) is 25.2 Å². The van der Waals surface area contributed by atoms with Crippen molar-refractivity contribution in [2.45, 2.75) is 25.8 Å². The van der Waals surface area contributed by atoms with E-state index >= 15 is 0 Å². The first-order valence-corrected chi connectivity index (χ1v) is 6.31. The van der Waals surface area contributed by atoms with Crippen LogP contribution in [0.25, 0.3) is 0 Å². The predicted octanol–water partition coefficient (Wildman–Crippen LogP) is 3.68. The standard InChI is InChI=1S/C12H15Cl2NO/c13-10-6-9(12(16)7-11(10)14)8-15-4-2-1-3-5-15/h6-7,16H,1-5,8H2. The van der Waals surface area contributed by atoms with E-state index in [1.807, 2.05) is 0 Å². The van der Waals surface area contributed by atoms with E-state index in [1.54, 1.807) is 6.07 Å². The average molecular weight is 260 g/mol. The van der Waals surface area contributed by atoms with Gasteiger partial charge in [0.05, 0.1) is 10.0 Å². The second-order valence-corrected chi connectivity index (χ2v) is 5.05. The zero-order chi connectivity index (χ0) is 11.5. The van der Waals surface area contributed by atoms with E-state index in [0.29, 0.717) is 10.0 Å². The van der Waals surface area contributed by atoms with Crippen molar-refractivity contribution in [2.24, 2.45) is 0 Å². The molecule has 2 rings (SSSR count). The van der Waals surface area contributed by atoms with Crippen molar-refractivity contribution in [3.63, 3.8) is 0 Å². The molecule has 1 aliphatic rings. The van der Waals surface area contributed by atoms with Crippen molar-refractivity contribution >= 4 is 23.2 Å². The van der Waals surface area contributed by atoms with Crippen molar-refractivity contribution in [1.82, 2.24) is 4.90 Å². The highest BCUT2D eigenvalue weighted by Crippen LogP contribution is 2.30. The predicted molar refractivity (Wildman–Crippen MR) is 67.3 cm³/mol. The molecule has 0 aromatic heterocycles. The molecule has 88 valence electrons. The van der Waals surface area contributed by atoms with Crippen molar-refractivity contribution in [3.05, 3.63) is 27.7 Å². The Hall–Kier alpha value is -0.440. The second-order valence-electron chi connectivity index (χ2n) is 4.23. The zero-order valence-corrected chi connectivity index (χ0v) is 10.6. The number of aromatic hydroxyl groups is 1. The number of hydrogen-bond acceptors (Lipinski definition) is 2. The fourth-order valence-corrected chi connectivity index (χ4v) is 2.41. The van der Waals surface area contributed by atoms with E-state index < -0.39 is 0 Å². The normalized spacial score (nSPS) is 17.6. The molecule has 0 amide bonds. The Morgan fingerprint density at radius 1 is 1.06 bits per heavy atom. The molecule has 1 fully saturated rings. The molecule has 0 bridgehead atoms. The molecule has 1 saturated heterocycles. The lowest BCUT2D eigenvalue weighted by atomic mass is 10.1. The highest BCUT2D eigenvalue weighted by molar-refractivity contribution is 6.42. The van der Waals surface area contributed by atoms with Crippen LogP contribution < -0.4 is 0 Å². The molecule has 0 spiro atoms. The number of hydrogen-bond donors (Lipinski definition) is 1. The minimum atomic E-state index is 0.236. The molecule has 0 radical (unpaired) electrons. The van der Waals surface area contributed by atoms with Gasteiger partial charge in [-0.25, -0.2) is 0 Å². The van der Waals surface area contributed by atoms with E-state index in [9.17, 15) is 5.11 Å². The van der Waals surface area contributed by atoms with Crippen molar-refractivity contribution in [2.75, 3.05) is 13.1 Å². The summed E-state index contributed by atoms with van der Waals surface area (Å²) in [6, 6.07) is 3.27. The van der Waals surface area contributed by atoms with Crippen LogP contribution in [0.15, 0.2) is 12.1 Å². The molecule has 0 aliphatic carbocycles. The SMILES string of the molecule is Oc1cc(Cl)c(Cl)cc1CN1CCCCC1. The van der Waals surface area contributed by atoms with Gasteiger partial charge < -0.3 is 5.11 Å². The van der Waals surface area contributed by atoms with Gasteiger partial charge in [-0.3, -0.25) is 4.90 Å². The lowest BCUT2D eigenvalue weighted by Crippen LogP contribution is -2.29. The summed E-state index contributed by atoms with van der Waals surface area (Å²) in [4.78, 5) is 2.34. The maximum absolute atomic E-state index is 9.78. The molecule has 0 saturated carbocycles. The first-order chi connectivity index (χ1) is 7.66. The summed E-state index contributed by atoms with van der Waals surface area (Å²) >= 11 is 11.8. The van der Waals surface area contributed by atoms with Gasteiger partial charge in [0, 0.05) is 18.2 Å². The van der Waals surface area contributed by atoms with Crippen LogP contribution in [0, 0.1) is 0 Å². The third-order valence-corrected chi connectivity index (χ3v) is 3.69. The number of rotatable bonds is 2. The van der Waals surface area contributed by atoms with E-state index in [1.165, 1.54) is 25.3 Å². The van der Waals surface area contributed by atoms with Gasteiger partial charge in [-0.1, -0.05) is 29.6 Å². The van der Waals surface area contributed by atoms with Crippen LogP contribution >= 0.6 is 23.2 Å². The van der Waals surface area contributed by atoms with Crippen LogP contribution in [0.3, 0.4) is 0 Å². The summed E-state index contributed by atoms with van der Waals surface area (Å²) in [7, 11) is 0. The first-order valence-electron chi connectivity index (χ1n) is 5.56. The van der Waals surface area contributed by atoms with Gasteiger partial charge in [0.15, 0.2) is 0 Å². The van der Waals surface area contributed by atoms with E-state index in [4.69, 9.17) is 23.2 Å². The molecule has 16 heavy (non-hydrogen) atoms. The summed E-state index contributed by atoms with van der Waals surface area (Å²) < 4.78 is 0. The maximum Gasteiger partial charge on any atom is 0.121 e. The molecule has 0 atom stereocenters. The molecule has 2 nitrogen and oxygen atoms in total. The van der Waals surface area contributed by atoms with Crippen LogP contribution in [-0.4, -0.2) is 23.1 Å². The number of benzene rings is 1. The Morgan fingerprint density at radius 3 is 2.38 bits per heavy atom. The highest BCUT2D eigenvalue weighted by Gasteiger charge is 2.13. The highest BCUT2D eigenvalue weighted by atomic mass is 35.5. The van der Waals surface area contributed by atoms with Crippen LogP contribution in [0.1, 0.15) is 24.8 Å². The Labute approximate surface area is 106 Å². The van der Waals surface area contributed by atoms with Gasteiger partial charge in [-0.2, -0.15) is 0 Å². The third-order valence-electron chi connectivity index (χ3n) is 2.96. The van der Waals surface area contributed by atoms with Crippen LogP contribution in [-0.2, 0) is 6.54 Å².